The minimum atomic E-state index is -3.74. The van der Waals surface area contributed by atoms with Crippen molar-refractivity contribution in [2.45, 2.75) is 0 Å². The summed E-state index contributed by atoms with van der Waals surface area (Å²) in [5.41, 5.74) is -0.0959. The zero-order valence-electron chi connectivity index (χ0n) is 5.03. The predicted octanol–water partition coefficient (Wildman–Crippen LogP) is 0.452. The Kier molecular flexibility index (Phi) is 3.66. The summed E-state index contributed by atoms with van der Waals surface area (Å²) < 4.78 is 28.2. The number of carbonyl (C=O) groups is 1. The van der Waals surface area contributed by atoms with Gasteiger partial charge in [-0.15, -0.1) is 0 Å². The van der Waals surface area contributed by atoms with Gasteiger partial charge in [0.25, 0.3) is 0 Å². The molecule has 0 radical (unpaired) electrons. The average molecular weight is 233 g/mol. The number of hydrogen-bond donors (Lipinski definition) is 0. The van der Waals surface area contributed by atoms with Crippen molar-refractivity contribution in [2.75, 3.05) is 11.8 Å². The first-order chi connectivity index (χ1) is 4.45. The lowest BCUT2D eigenvalue weighted by Crippen LogP contribution is -2.11. The van der Waals surface area contributed by atoms with Crippen molar-refractivity contribution in [3.05, 3.63) is 0 Å². The molecule has 0 unspecified atom stereocenters. The van der Waals surface area contributed by atoms with Crippen LogP contribution in [0.5, 0.6) is 0 Å². The van der Waals surface area contributed by atoms with Crippen LogP contribution in [0.15, 0.2) is 0 Å². The van der Waals surface area contributed by atoms with E-state index in [1.165, 1.54) is 0 Å². The van der Waals surface area contributed by atoms with Gasteiger partial charge in [-0.3, -0.25) is 0 Å². The summed E-state index contributed by atoms with van der Waals surface area (Å²) in [6.07, 6.45) is -0.484. The van der Waals surface area contributed by atoms with Crippen LogP contribution in [0.3, 0.4) is 0 Å². The van der Waals surface area contributed by atoms with Crippen molar-refractivity contribution in [1.82, 2.24) is 0 Å². The summed E-state index contributed by atoms with van der Waals surface area (Å²) in [6.45, 7) is 0. The highest BCUT2D eigenvalue weighted by atomic mass is 79.9. The summed E-state index contributed by atoms with van der Waals surface area (Å²) >= 11 is 2.74. The molecule has 0 aliphatic carbocycles. The van der Waals surface area contributed by atoms with Crippen LogP contribution in [0.4, 0.5) is 4.79 Å². The summed E-state index contributed by atoms with van der Waals surface area (Å²) in [5, 5.41) is 0. The molecule has 0 aliphatic rings. The largest absolute Gasteiger partial charge is 0.525 e. The summed E-state index contributed by atoms with van der Waals surface area (Å²) in [6, 6.07) is 0. The molecule has 0 saturated carbocycles. The van der Waals surface area contributed by atoms with E-state index in [0.29, 0.717) is 0 Å². The second-order valence-electron chi connectivity index (χ2n) is 1.29. The molecule has 0 aromatic rings. The van der Waals surface area contributed by atoms with Crippen molar-refractivity contribution in [3.8, 4) is 0 Å². The van der Waals surface area contributed by atoms with E-state index in [1.54, 1.807) is 0 Å². The fourth-order valence-electron chi connectivity index (χ4n) is 0.192. The molecule has 7 heteroatoms. The van der Waals surface area contributed by atoms with Crippen LogP contribution in [0.1, 0.15) is 0 Å². The monoisotopic (exact) mass is 232 g/mol. The van der Waals surface area contributed by atoms with E-state index in [0.717, 1.165) is 6.26 Å². The highest BCUT2D eigenvalue weighted by Crippen LogP contribution is 1.93. The van der Waals surface area contributed by atoms with E-state index >= 15 is 0 Å². The third-order valence-electron chi connectivity index (χ3n) is 0.392. The lowest BCUT2D eigenvalue weighted by atomic mass is 11.4. The molecular weight excluding hydrogens is 228 g/mol. The lowest BCUT2D eigenvalue weighted by Gasteiger charge is -1.98. The molecule has 0 atom stereocenters. The third-order valence-corrected chi connectivity index (χ3v) is 1.06. The number of hydrogen-bond acceptors (Lipinski definition) is 5. The van der Waals surface area contributed by atoms with Gasteiger partial charge in [0.1, 0.15) is 5.52 Å². The zero-order chi connectivity index (χ0) is 8.20. The second kappa shape index (κ2) is 3.77. The molecular formula is C3H5BrO5S. The van der Waals surface area contributed by atoms with Crippen molar-refractivity contribution in [2.24, 2.45) is 0 Å². The van der Waals surface area contributed by atoms with Gasteiger partial charge in [-0.1, -0.05) is 0 Å². The van der Waals surface area contributed by atoms with Crippen LogP contribution in [-0.4, -0.2) is 26.3 Å². The Morgan fingerprint density at radius 3 is 2.40 bits per heavy atom. The van der Waals surface area contributed by atoms with Gasteiger partial charge < -0.3 is 8.92 Å². The van der Waals surface area contributed by atoms with Crippen molar-refractivity contribution < 1.29 is 22.1 Å². The smallest absolute Gasteiger partial charge is 0.422 e. The van der Waals surface area contributed by atoms with Gasteiger partial charge in [-0.25, -0.2) is 4.79 Å². The Labute approximate surface area is 66.6 Å². The predicted molar refractivity (Wildman–Crippen MR) is 36.2 cm³/mol. The Morgan fingerprint density at radius 2 is 2.10 bits per heavy atom. The molecule has 0 fully saturated rings. The van der Waals surface area contributed by atoms with E-state index in [1.807, 2.05) is 0 Å². The van der Waals surface area contributed by atoms with E-state index < -0.39 is 16.3 Å². The fraction of sp³-hybridized carbons (Fsp3) is 0.667. The molecule has 0 saturated heterocycles. The van der Waals surface area contributed by atoms with E-state index in [2.05, 4.69) is 24.8 Å². The molecule has 60 valence electrons. The third kappa shape index (κ3) is 5.83. The highest BCUT2D eigenvalue weighted by Gasteiger charge is 2.10. The first kappa shape index (κ1) is 9.70. The summed E-state index contributed by atoms with van der Waals surface area (Å²) in [5.74, 6) is 0. The van der Waals surface area contributed by atoms with E-state index in [-0.39, 0.29) is 5.52 Å². The van der Waals surface area contributed by atoms with Crippen LogP contribution in [0.25, 0.3) is 0 Å². The van der Waals surface area contributed by atoms with Crippen LogP contribution in [0.2, 0.25) is 0 Å². The maximum atomic E-state index is 10.2. The van der Waals surface area contributed by atoms with Gasteiger partial charge in [0.05, 0.1) is 6.26 Å². The number of ether oxygens (including phenoxy) is 1. The van der Waals surface area contributed by atoms with Gasteiger partial charge in [-0.2, -0.15) is 8.42 Å². The Bertz CT molecular complexity index is 207. The molecule has 0 N–H and O–H groups in total. The maximum Gasteiger partial charge on any atom is 0.525 e. The quantitative estimate of drug-likeness (QED) is 0.393. The molecule has 5 nitrogen and oxygen atoms in total. The minimum Gasteiger partial charge on any atom is -0.422 e. The fourth-order valence-corrected chi connectivity index (χ4v) is 0.674. The van der Waals surface area contributed by atoms with Crippen molar-refractivity contribution in [1.29, 1.82) is 0 Å². The molecule has 0 aromatic heterocycles. The molecule has 0 rings (SSSR count). The summed E-state index contributed by atoms with van der Waals surface area (Å²) in [7, 11) is -3.74. The Morgan fingerprint density at radius 1 is 1.60 bits per heavy atom. The SMILES string of the molecule is CS(=O)(=O)OC(=O)OCBr. The van der Waals surface area contributed by atoms with Gasteiger partial charge in [-0.05, 0) is 15.9 Å². The maximum absolute atomic E-state index is 10.2. The lowest BCUT2D eigenvalue weighted by molar-refractivity contribution is 0.120. The van der Waals surface area contributed by atoms with Crippen LogP contribution in [-0.2, 0) is 19.0 Å². The zero-order valence-corrected chi connectivity index (χ0v) is 7.44. The van der Waals surface area contributed by atoms with Crippen molar-refractivity contribution >= 4 is 32.2 Å². The Hall–Kier alpha value is -0.300. The van der Waals surface area contributed by atoms with Gasteiger partial charge in [0.2, 0.25) is 0 Å². The van der Waals surface area contributed by atoms with Crippen molar-refractivity contribution in [3.63, 3.8) is 0 Å². The molecule has 0 aliphatic heterocycles. The summed E-state index contributed by atoms with van der Waals surface area (Å²) in [4.78, 5) is 10.2. The molecule has 0 amide bonds. The standard InChI is InChI=1S/C3H5BrO5S/c1-10(6,7)9-3(5)8-2-4/h2H2,1H3. The molecule has 0 bridgehead atoms. The first-order valence-corrected chi connectivity index (χ1v) is 5.01. The number of rotatable bonds is 2. The van der Waals surface area contributed by atoms with Crippen LogP contribution in [0, 0.1) is 0 Å². The first-order valence-electron chi connectivity index (χ1n) is 2.08. The topological polar surface area (TPSA) is 69.7 Å². The van der Waals surface area contributed by atoms with Gasteiger partial charge in [0, 0.05) is 0 Å². The molecule has 0 heterocycles. The number of carbonyl (C=O) groups excluding carboxylic acids is 1. The number of halogens is 1. The van der Waals surface area contributed by atoms with Crippen LogP contribution < -0.4 is 0 Å². The van der Waals surface area contributed by atoms with Crippen LogP contribution >= 0.6 is 15.9 Å². The van der Waals surface area contributed by atoms with E-state index in [9.17, 15) is 13.2 Å². The minimum absolute atomic E-state index is 0.0959. The normalized spacial score (nSPS) is 10.6. The highest BCUT2D eigenvalue weighted by molar-refractivity contribution is 9.09. The van der Waals surface area contributed by atoms with Gasteiger partial charge >= 0.3 is 16.3 Å². The van der Waals surface area contributed by atoms with E-state index in [4.69, 9.17) is 0 Å². The number of alkyl halides is 1. The molecule has 10 heavy (non-hydrogen) atoms. The average Bonchev–Trinajstić information content (AvgIpc) is 1.59. The Balaban J connectivity index is 3.82. The molecule has 0 aromatic carbocycles. The second-order valence-corrected chi connectivity index (χ2v) is 3.32. The van der Waals surface area contributed by atoms with Gasteiger partial charge in [0.15, 0.2) is 0 Å². The molecule has 0 spiro atoms.